The Hall–Kier alpha value is -2.36. The summed E-state index contributed by atoms with van der Waals surface area (Å²) in [6.07, 6.45) is 3.79. The van der Waals surface area contributed by atoms with E-state index in [9.17, 15) is 14.3 Å². The van der Waals surface area contributed by atoms with E-state index < -0.39 is 12.4 Å². The molecule has 3 nitrogen and oxygen atoms in total. The zero-order valence-corrected chi connectivity index (χ0v) is 23.1. The van der Waals surface area contributed by atoms with Crippen LogP contribution in [-0.2, 0) is 24.9 Å². The number of hydrogen-bond acceptors (Lipinski definition) is 3. The number of aliphatic hydroxyl groups is 1. The van der Waals surface area contributed by atoms with E-state index in [4.69, 9.17) is 2.74 Å². The molecule has 0 aliphatic rings. The van der Waals surface area contributed by atoms with E-state index in [1.54, 1.807) is 0 Å². The molecule has 1 N–H and O–H groups in total. The number of pyridine rings is 1. The molecule has 1 radical (unpaired) electrons. The Bertz CT molecular complexity index is 1180. The zero-order valence-electron chi connectivity index (χ0n) is 22.7. The predicted molar refractivity (Wildman–Crippen MR) is 135 cm³/mol. The van der Waals surface area contributed by atoms with Crippen molar-refractivity contribution < 1.29 is 37.1 Å². The van der Waals surface area contributed by atoms with Gasteiger partial charge in [0.2, 0.25) is 0 Å². The number of carbonyl (C=O) groups is 1. The molecule has 0 saturated carbocycles. The van der Waals surface area contributed by atoms with Gasteiger partial charge in [-0.2, -0.15) is 0 Å². The van der Waals surface area contributed by atoms with Gasteiger partial charge < -0.3 is 10.1 Å². The molecule has 3 rings (SSSR count). The van der Waals surface area contributed by atoms with Gasteiger partial charge >= 0.3 is 0 Å². The third-order valence-electron chi connectivity index (χ3n) is 5.63. The number of ketones is 1. The maximum atomic E-state index is 12.4. The zero-order chi connectivity index (χ0) is 26.3. The molecule has 0 atom stereocenters. The molecular formula is C29H35FIrNO2-. The van der Waals surface area contributed by atoms with Crippen LogP contribution in [0.25, 0.3) is 22.0 Å². The summed E-state index contributed by atoms with van der Waals surface area (Å²) in [4.78, 5) is 15.4. The Morgan fingerprint density at radius 1 is 1.18 bits per heavy atom. The standard InChI is InChI=1S/C20H20N.C9H15FO2.Ir/c1-13(2)16-5-6-19-17(12-16)7-8-21-20(19)18-10-14(3)9-15(4)11-18;1-3-7(4-2)9(12)5-8(11)6-10;/h5-10,12-13H,1-4H3;5,7,12H,3-4,6H2,1-2H3;/q-1;;/b;9-5-;/i;6D2;. The van der Waals surface area contributed by atoms with Crippen molar-refractivity contribution in [2.75, 3.05) is 6.63 Å². The predicted octanol–water partition coefficient (Wildman–Crippen LogP) is 7.84. The number of halogens is 1. The maximum Gasteiger partial charge on any atom is 0.189 e. The second kappa shape index (κ2) is 14.1. The van der Waals surface area contributed by atoms with Crippen LogP contribution in [0.5, 0.6) is 0 Å². The van der Waals surface area contributed by atoms with Crippen LogP contribution in [0.1, 0.15) is 65.9 Å². The fourth-order valence-electron chi connectivity index (χ4n) is 3.78. The van der Waals surface area contributed by atoms with Crippen LogP contribution in [-0.4, -0.2) is 22.5 Å². The van der Waals surface area contributed by atoms with Gasteiger partial charge in [-0.3, -0.25) is 4.79 Å². The van der Waals surface area contributed by atoms with E-state index >= 15 is 0 Å². The summed E-state index contributed by atoms with van der Waals surface area (Å²) in [5.41, 5.74) is 5.87. The van der Waals surface area contributed by atoms with Gasteiger partial charge in [0.15, 0.2) is 12.4 Å². The molecular weight excluding hydrogens is 606 g/mol. The normalized spacial score (nSPS) is 12.6. The van der Waals surface area contributed by atoms with Gasteiger partial charge in [-0.1, -0.05) is 59.7 Å². The topological polar surface area (TPSA) is 50.2 Å². The summed E-state index contributed by atoms with van der Waals surface area (Å²) < 4.78 is 25.4. The average Bonchev–Trinajstić information content (AvgIpc) is 2.78. The van der Waals surface area contributed by atoms with Crippen molar-refractivity contribution in [3.05, 3.63) is 77.2 Å². The Kier molecular flexibility index (Phi) is 10.9. The molecule has 34 heavy (non-hydrogen) atoms. The first-order valence-corrected chi connectivity index (χ1v) is 11.4. The van der Waals surface area contributed by atoms with Crippen LogP contribution >= 0.6 is 0 Å². The number of alkyl halides is 1. The van der Waals surface area contributed by atoms with Crippen molar-refractivity contribution in [1.29, 1.82) is 0 Å². The van der Waals surface area contributed by atoms with Gasteiger partial charge in [0, 0.05) is 38.3 Å². The molecule has 0 amide bonds. The van der Waals surface area contributed by atoms with E-state index in [0.29, 0.717) is 24.8 Å². The maximum absolute atomic E-state index is 12.4. The molecule has 185 valence electrons. The molecule has 0 aliphatic heterocycles. The Labute approximate surface area is 219 Å². The summed E-state index contributed by atoms with van der Waals surface area (Å²) in [6.45, 7) is 8.90. The van der Waals surface area contributed by atoms with Crippen molar-refractivity contribution >= 4 is 16.6 Å². The molecule has 2 aromatic carbocycles. The van der Waals surface area contributed by atoms with E-state index in [0.717, 1.165) is 16.8 Å². The Balaban J connectivity index is 0.000000382. The largest absolute Gasteiger partial charge is 0.512 e. The van der Waals surface area contributed by atoms with Crippen molar-refractivity contribution in [2.24, 2.45) is 5.92 Å². The Morgan fingerprint density at radius 2 is 1.85 bits per heavy atom. The molecule has 5 heteroatoms. The number of nitrogens with zero attached hydrogens (tertiary/aromatic N) is 1. The second-order valence-corrected chi connectivity index (χ2v) is 8.59. The van der Waals surface area contributed by atoms with Crippen molar-refractivity contribution in [3.8, 4) is 11.3 Å². The van der Waals surface area contributed by atoms with Crippen LogP contribution in [0, 0.1) is 25.8 Å². The monoisotopic (exact) mass is 643 g/mol. The van der Waals surface area contributed by atoms with Crippen LogP contribution in [0.3, 0.4) is 0 Å². The number of benzene rings is 2. The van der Waals surface area contributed by atoms with Gasteiger partial charge in [0.05, 0.1) is 8.50 Å². The molecule has 0 fully saturated rings. The van der Waals surface area contributed by atoms with Crippen LogP contribution in [0.2, 0.25) is 0 Å². The van der Waals surface area contributed by atoms with Crippen LogP contribution < -0.4 is 0 Å². The number of aryl methyl sites for hydroxylation is 2. The smallest absolute Gasteiger partial charge is 0.189 e. The minimum absolute atomic E-state index is 0. The fourth-order valence-corrected chi connectivity index (χ4v) is 3.78. The van der Waals surface area contributed by atoms with Crippen molar-refractivity contribution in [2.45, 2.75) is 60.3 Å². The van der Waals surface area contributed by atoms with E-state index in [1.807, 2.05) is 20.0 Å². The molecule has 0 saturated heterocycles. The number of allylic oxidation sites excluding steroid dienone is 2. The van der Waals surface area contributed by atoms with E-state index in [2.05, 4.69) is 75.1 Å². The van der Waals surface area contributed by atoms with Gasteiger partial charge in [-0.05, 0) is 46.9 Å². The number of rotatable bonds is 7. The minimum Gasteiger partial charge on any atom is -0.512 e. The van der Waals surface area contributed by atoms with Gasteiger partial charge in [0.25, 0.3) is 0 Å². The van der Waals surface area contributed by atoms with Gasteiger partial charge in [-0.15, -0.1) is 34.9 Å². The van der Waals surface area contributed by atoms with E-state index in [-0.39, 0.29) is 31.8 Å². The number of aliphatic hydroxyl groups excluding tert-OH is 1. The summed E-state index contributed by atoms with van der Waals surface area (Å²) in [6, 6.07) is 16.5. The number of carbonyl (C=O) groups excluding carboxylic acids is 1. The van der Waals surface area contributed by atoms with Crippen molar-refractivity contribution in [3.63, 3.8) is 0 Å². The minimum atomic E-state index is -3.40. The fraction of sp³-hybridized carbons (Fsp3) is 0.379. The number of aromatic nitrogens is 1. The summed E-state index contributed by atoms with van der Waals surface area (Å²) in [5, 5.41) is 11.8. The molecule has 3 aromatic rings. The Morgan fingerprint density at radius 3 is 2.41 bits per heavy atom. The van der Waals surface area contributed by atoms with Gasteiger partial charge in [0.1, 0.15) is 0 Å². The summed E-state index contributed by atoms with van der Waals surface area (Å²) in [5.74, 6) is -1.26. The molecule has 1 aromatic heterocycles. The molecule has 0 bridgehead atoms. The molecule has 1 heterocycles. The quantitative estimate of drug-likeness (QED) is 0.162. The van der Waals surface area contributed by atoms with E-state index in [1.165, 1.54) is 21.9 Å². The average molecular weight is 643 g/mol. The second-order valence-electron chi connectivity index (χ2n) is 8.59. The SMILES string of the molecule is Cc1[c-]c(-c2nccc3cc(C(C)C)ccc23)cc(C)c1.[2H]C([2H])(F)C(=O)/C=C(\O)C(CC)CC.[Ir]. The number of fused-ring (bicyclic) bond motifs is 1. The number of hydrogen-bond donors (Lipinski definition) is 1. The molecule has 0 aliphatic carbocycles. The first-order chi connectivity index (χ1) is 16.4. The molecule has 0 unspecified atom stereocenters. The van der Waals surface area contributed by atoms with Crippen LogP contribution in [0.4, 0.5) is 4.39 Å². The first kappa shape index (κ1) is 26.2. The third-order valence-corrected chi connectivity index (χ3v) is 5.63. The molecule has 0 spiro atoms. The van der Waals surface area contributed by atoms with Gasteiger partial charge in [-0.25, -0.2) is 4.39 Å². The van der Waals surface area contributed by atoms with Crippen LogP contribution in [0.15, 0.2) is 54.4 Å². The van der Waals surface area contributed by atoms with Crippen molar-refractivity contribution in [1.82, 2.24) is 4.98 Å². The first-order valence-electron chi connectivity index (χ1n) is 12.4. The third kappa shape index (κ3) is 8.14. The summed E-state index contributed by atoms with van der Waals surface area (Å²) >= 11 is 0. The summed E-state index contributed by atoms with van der Waals surface area (Å²) in [7, 11) is 0.